The van der Waals surface area contributed by atoms with Crippen molar-refractivity contribution in [1.29, 1.82) is 0 Å². The fourth-order valence-corrected chi connectivity index (χ4v) is 2.47. The molecule has 0 aliphatic carbocycles. The summed E-state index contributed by atoms with van der Waals surface area (Å²) >= 11 is 3.63. The van der Waals surface area contributed by atoms with Crippen LogP contribution in [0.15, 0.2) is 48.5 Å². The van der Waals surface area contributed by atoms with Gasteiger partial charge in [-0.25, -0.2) is 4.39 Å². The molecule has 0 aliphatic heterocycles. The number of benzene rings is 2. The standard InChI is InChI=1S/C15H14BrFO/c1-18-14-4-2-3-11(9-14)10-15(16)12-5-7-13(17)8-6-12/h2-9,15H,10H2,1H3. The van der Waals surface area contributed by atoms with Crippen LogP contribution in [0.4, 0.5) is 4.39 Å². The van der Waals surface area contributed by atoms with Gasteiger partial charge in [0.2, 0.25) is 0 Å². The maximum Gasteiger partial charge on any atom is 0.123 e. The van der Waals surface area contributed by atoms with Crippen molar-refractivity contribution in [3.8, 4) is 5.75 Å². The van der Waals surface area contributed by atoms with E-state index in [0.717, 1.165) is 17.7 Å². The van der Waals surface area contributed by atoms with Crippen LogP contribution in [0.2, 0.25) is 0 Å². The molecule has 1 nitrogen and oxygen atoms in total. The Morgan fingerprint density at radius 1 is 1.17 bits per heavy atom. The van der Waals surface area contributed by atoms with Crippen molar-refractivity contribution in [2.75, 3.05) is 7.11 Å². The second-order valence-corrected chi connectivity index (χ2v) is 5.18. The number of alkyl halides is 1. The lowest BCUT2D eigenvalue weighted by Crippen LogP contribution is -1.96. The minimum absolute atomic E-state index is 0.171. The van der Waals surface area contributed by atoms with Crippen molar-refractivity contribution in [3.63, 3.8) is 0 Å². The highest BCUT2D eigenvalue weighted by atomic mass is 79.9. The largest absolute Gasteiger partial charge is 0.497 e. The second-order valence-electron chi connectivity index (χ2n) is 4.07. The highest BCUT2D eigenvalue weighted by Gasteiger charge is 2.09. The van der Waals surface area contributed by atoms with Crippen LogP contribution in [0.1, 0.15) is 16.0 Å². The summed E-state index contributed by atoms with van der Waals surface area (Å²) in [6.07, 6.45) is 0.836. The normalized spacial score (nSPS) is 12.2. The Labute approximate surface area is 115 Å². The van der Waals surface area contributed by atoms with Gasteiger partial charge in [-0.1, -0.05) is 40.2 Å². The molecule has 2 aromatic rings. The zero-order chi connectivity index (χ0) is 13.0. The first-order chi connectivity index (χ1) is 8.69. The molecular weight excluding hydrogens is 295 g/mol. The monoisotopic (exact) mass is 308 g/mol. The molecule has 0 radical (unpaired) electrons. The van der Waals surface area contributed by atoms with E-state index < -0.39 is 0 Å². The molecular formula is C15H14BrFO. The second kappa shape index (κ2) is 6.01. The summed E-state index contributed by atoms with van der Waals surface area (Å²) in [4.78, 5) is 0.171. The molecule has 0 saturated carbocycles. The van der Waals surface area contributed by atoms with Gasteiger partial charge in [-0.05, 0) is 41.8 Å². The summed E-state index contributed by atoms with van der Waals surface area (Å²) in [6.45, 7) is 0. The fourth-order valence-electron chi connectivity index (χ4n) is 1.80. The van der Waals surface area contributed by atoms with Gasteiger partial charge in [0.05, 0.1) is 7.11 Å². The van der Waals surface area contributed by atoms with E-state index in [1.807, 2.05) is 18.2 Å². The Morgan fingerprint density at radius 3 is 2.56 bits per heavy atom. The molecule has 0 aromatic heterocycles. The summed E-state index contributed by atoms with van der Waals surface area (Å²) < 4.78 is 18.0. The quantitative estimate of drug-likeness (QED) is 0.755. The van der Waals surface area contributed by atoms with E-state index in [-0.39, 0.29) is 10.6 Å². The summed E-state index contributed by atoms with van der Waals surface area (Å²) in [5, 5.41) is 0. The third-order valence-corrected chi connectivity index (χ3v) is 3.63. The van der Waals surface area contributed by atoms with Crippen LogP contribution >= 0.6 is 15.9 Å². The zero-order valence-corrected chi connectivity index (χ0v) is 11.7. The van der Waals surface area contributed by atoms with Gasteiger partial charge in [0.25, 0.3) is 0 Å². The number of halogens is 2. The van der Waals surface area contributed by atoms with Crippen molar-refractivity contribution >= 4 is 15.9 Å². The predicted octanol–water partition coefficient (Wildman–Crippen LogP) is 4.51. The van der Waals surface area contributed by atoms with Gasteiger partial charge < -0.3 is 4.74 Å². The lowest BCUT2D eigenvalue weighted by Gasteiger charge is -2.11. The molecule has 2 rings (SSSR count). The molecule has 0 aliphatic rings. The van der Waals surface area contributed by atoms with Gasteiger partial charge in [-0.15, -0.1) is 0 Å². The third-order valence-electron chi connectivity index (χ3n) is 2.78. The Morgan fingerprint density at radius 2 is 1.89 bits per heavy atom. The number of hydrogen-bond acceptors (Lipinski definition) is 1. The number of hydrogen-bond donors (Lipinski definition) is 0. The van der Waals surface area contributed by atoms with Gasteiger partial charge in [0.15, 0.2) is 0 Å². The van der Waals surface area contributed by atoms with Crippen LogP contribution in [0.5, 0.6) is 5.75 Å². The zero-order valence-electron chi connectivity index (χ0n) is 10.1. The van der Waals surface area contributed by atoms with Crippen LogP contribution in [-0.2, 0) is 6.42 Å². The van der Waals surface area contributed by atoms with E-state index in [4.69, 9.17) is 4.74 Å². The molecule has 0 spiro atoms. The van der Waals surface area contributed by atoms with E-state index in [1.165, 1.54) is 17.7 Å². The Bertz CT molecular complexity index is 510. The van der Waals surface area contributed by atoms with E-state index in [1.54, 1.807) is 19.2 Å². The maximum absolute atomic E-state index is 12.8. The molecule has 0 saturated heterocycles. The van der Waals surface area contributed by atoms with Crippen molar-refractivity contribution in [3.05, 3.63) is 65.5 Å². The minimum Gasteiger partial charge on any atom is -0.497 e. The average Bonchev–Trinajstić information content (AvgIpc) is 2.39. The molecule has 2 aromatic carbocycles. The summed E-state index contributed by atoms with van der Waals surface area (Å²) in [5.74, 6) is 0.645. The van der Waals surface area contributed by atoms with Crippen LogP contribution in [0.3, 0.4) is 0 Å². The first kappa shape index (κ1) is 13.1. The van der Waals surface area contributed by atoms with Gasteiger partial charge >= 0.3 is 0 Å². The predicted molar refractivity (Wildman–Crippen MR) is 74.8 cm³/mol. The summed E-state index contributed by atoms with van der Waals surface area (Å²) in [5.41, 5.74) is 2.25. The van der Waals surface area contributed by atoms with E-state index >= 15 is 0 Å². The third kappa shape index (κ3) is 3.33. The molecule has 0 fully saturated rings. The SMILES string of the molecule is COc1cccc(CC(Br)c2ccc(F)cc2)c1. The van der Waals surface area contributed by atoms with Crippen molar-refractivity contribution in [2.24, 2.45) is 0 Å². The first-order valence-corrected chi connectivity index (χ1v) is 6.63. The minimum atomic E-state index is -0.208. The molecule has 1 atom stereocenters. The maximum atomic E-state index is 12.8. The van der Waals surface area contributed by atoms with Crippen LogP contribution < -0.4 is 4.74 Å². The van der Waals surface area contributed by atoms with E-state index in [9.17, 15) is 4.39 Å². The van der Waals surface area contributed by atoms with Crippen molar-refractivity contribution in [2.45, 2.75) is 11.2 Å². The molecule has 0 N–H and O–H groups in total. The lowest BCUT2D eigenvalue weighted by molar-refractivity contribution is 0.414. The first-order valence-electron chi connectivity index (χ1n) is 5.71. The Balaban J connectivity index is 2.10. The van der Waals surface area contributed by atoms with Crippen molar-refractivity contribution in [1.82, 2.24) is 0 Å². The highest BCUT2D eigenvalue weighted by Crippen LogP contribution is 2.28. The summed E-state index contributed by atoms with van der Waals surface area (Å²) in [7, 11) is 1.66. The smallest absolute Gasteiger partial charge is 0.123 e. The number of rotatable bonds is 4. The molecule has 18 heavy (non-hydrogen) atoms. The van der Waals surface area contributed by atoms with E-state index in [0.29, 0.717) is 0 Å². The van der Waals surface area contributed by atoms with Crippen LogP contribution in [0, 0.1) is 5.82 Å². The van der Waals surface area contributed by atoms with Gasteiger partial charge in [-0.3, -0.25) is 0 Å². The van der Waals surface area contributed by atoms with Crippen molar-refractivity contribution < 1.29 is 9.13 Å². The van der Waals surface area contributed by atoms with Crippen LogP contribution in [0.25, 0.3) is 0 Å². The Kier molecular flexibility index (Phi) is 4.37. The van der Waals surface area contributed by atoms with Crippen LogP contribution in [-0.4, -0.2) is 7.11 Å². The molecule has 94 valence electrons. The topological polar surface area (TPSA) is 9.23 Å². The van der Waals surface area contributed by atoms with Gasteiger partial charge in [0.1, 0.15) is 11.6 Å². The fraction of sp³-hybridized carbons (Fsp3) is 0.200. The number of ether oxygens (including phenoxy) is 1. The molecule has 1 unspecified atom stereocenters. The Hall–Kier alpha value is -1.35. The highest BCUT2D eigenvalue weighted by molar-refractivity contribution is 9.09. The lowest BCUT2D eigenvalue weighted by atomic mass is 10.0. The van der Waals surface area contributed by atoms with Gasteiger partial charge in [0, 0.05) is 4.83 Å². The average molecular weight is 309 g/mol. The molecule has 0 amide bonds. The molecule has 0 bridgehead atoms. The van der Waals surface area contributed by atoms with E-state index in [2.05, 4.69) is 22.0 Å². The number of methoxy groups -OCH3 is 1. The van der Waals surface area contributed by atoms with Gasteiger partial charge in [-0.2, -0.15) is 0 Å². The molecule has 0 heterocycles. The summed E-state index contributed by atoms with van der Waals surface area (Å²) in [6, 6.07) is 14.5. The molecule has 3 heteroatoms.